The highest BCUT2D eigenvalue weighted by molar-refractivity contribution is 7.67. The van der Waals surface area contributed by atoms with Crippen LogP contribution in [0.15, 0.2) is 0 Å². The molecule has 0 radical (unpaired) electrons. The minimum Gasteiger partial charge on any atom is -0.415 e. The Balaban J connectivity index is 2.96. The summed E-state index contributed by atoms with van der Waals surface area (Å²) in [5, 5.41) is 0. The number of hydrogen-bond donors (Lipinski definition) is 0. The Morgan fingerprint density at radius 2 is 1.53 bits per heavy atom. The lowest BCUT2D eigenvalue weighted by molar-refractivity contribution is -0.143. The van der Waals surface area contributed by atoms with Gasteiger partial charge in [-0.15, -0.1) is 0 Å². The highest BCUT2D eigenvalue weighted by Crippen LogP contribution is 2.46. The maximum Gasteiger partial charge on any atom is 0.389 e. The van der Waals surface area contributed by atoms with Gasteiger partial charge in [-0.2, -0.15) is 13.2 Å². The standard InChI is InChI=1S/C12H27F3OSi3/c1-11(8-9-12(13,14)15)10-17(2,3)19(6,7)18(4,5)16-11/h8-10H2,1-7H3. The molecule has 1 aliphatic rings. The number of alkyl halides is 3. The molecule has 0 amide bonds. The van der Waals surface area contributed by atoms with Gasteiger partial charge in [0.25, 0.3) is 0 Å². The van der Waals surface area contributed by atoms with Crippen LogP contribution in [0.1, 0.15) is 19.8 Å². The van der Waals surface area contributed by atoms with Crippen LogP contribution in [-0.4, -0.2) is 34.3 Å². The second kappa shape index (κ2) is 4.71. The molecule has 0 aromatic heterocycles. The van der Waals surface area contributed by atoms with E-state index in [0.717, 1.165) is 6.04 Å². The summed E-state index contributed by atoms with van der Waals surface area (Å²) in [6, 6.07) is 0.881. The van der Waals surface area contributed by atoms with E-state index in [1.54, 1.807) is 0 Å². The molecular formula is C12H27F3OSi3. The van der Waals surface area contributed by atoms with Gasteiger partial charge in [-0.1, -0.05) is 26.2 Å². The fraction of sp³-hybridized carbons (Fsp3) is 1.00. The lowest BCUT2D eigenvalue weighted by atomic mass is 10.0. The van der Waals surface area contributed by atoms with Crippen molar-refractivity contribution in [2.45, 2.75) is 76.9 Å². The monoisotopic (exact) mass is 328 g/mol. The van der Waals surface area contributed by atoms with E-state index in [9.17, 15) is 13.2 Å². The quantitative estimate of drug-likeness (QED) is 0.655. The van der Waals surface area contributed by atoms with Gasteiger partial charge in [0.15, 0.2) is 7.83 Å². The third-order valence-electron chi connectivity index (χ3n) is 5.45. The van der Waals surface area contributed by atoms with Crippen molar-refractivity contribution < 1.29 is 17.6 Å². The van der Waals surface area contributed by atoms with Crippen molar-refractivity contribution >= 4 is 22.5 Å². The first-order valence-corrected chi connectivity index (χ1v) is 18.0. The third-order valence-corrected chi connectivity index (χ3v) is 46.0. The zero-order valence-electron chi connectivity index (χ0n) is 13.2. The predicted molar refractivity (Wildman–Crippen MR) is 82.0 cm³/mol. The van der Waals surface area contributed by atoms with Crippen molar-refractivity contribution in [3.8, 4) is 0 Å². The van der Waals surface area contributed by atoms with Crippen molar-refractivity contribution in [2.75, 3.05) is 0 Å². The first kappa shape index (κ1) is 17.5. The summed E-state index contributed by atoms with van der Waals surface area (Å²) in [6.45, 7) is 15.9. The van der Waals surface area contributed by atoms with Gasteiger partial charge in [0, 0.05) is 14.0 Å². The lowest BCUT2D eigenvalue weighted by Crippen LogP contribution is -2.78. The van der Waals surface area contributed by atoms with Gasteiger partial charge in [-0.25, -0.2) is 0 Å². The van der Waals surface area contributed by atoms with E-state index in [1.807, 2.05) is 6.92 Å². The fourth-order valence-electron chi connectivity index (χ4n) is 3.30. The fourth-order valence-corrected chi connectivity index (χ4v) is 34.1. The van der Waals surface area contributed by atoms with Crippen LogP contribution < -0.4 is 0 Å². The number of rotatable bonds is 2. The van der Waals surface area contributed by atoms with Crippen molar-refractivity contribution in [1.82, 2.24) is 0 Å². The largest absolute Gasteiger partial charge is 0.415 e. The van der Waals surface area contributed by atoms with E-state index in [1.165, 1.54) is 0 Å². The zero-order chi connectivity index (χ0) is 15.3. The van der Waals surface area contributed by atoms with Crippen LogP contribution in [0.25, 0.3) is 0 Å². The molecule has 1 atom stereocenters. The van der Waals surface area contributed by atoms with E-state index in [4.69, 9.17) is 4.43 Å². The molecule has 114 valence electrons. The van der Waals surface area contributed by atoms with Crippen LogP contribution in [0.4, 0.5) is 13.2 Å². The van der Waals surface area contributed by atoms with E-state index < -0.39 is 40.7 Å². The van der Waals surface area contributed by atoms with Gasteiger partial charge in [0.2, 0.25) is 0 Å². The smallest absolute Gasteiger partial charge is 0.389 e. The normalized spacial score (nSPS) is 33.2. The summed E-state index contributed by atoms with van der Waals surface area (Å²) in [5.41, 5.74) is -0.552. The second-order valence-corrected chi connectivity index (χ2v) is 35.1. The Kier molecular flexibility index (Phi) is 4.32. The first-order chi connectivity index (χ1) is 8.12. The van der Waals surface area contributed by atoms with Gasteiger partial charge < -0.3 is 4.43 Å². The summed E-state index contributed by atoms with van der Waals surface area (Å²) in [5.74, 6) is 0. The Morgan fingerprint density at radius 1 is 1.05 bits per heavy atom. The molecule has 0 aliphatic carbocycles. The van der Waals surface area contributed by atoms with Crippen molar-refractivity contribution in [1.29, 1.82) is 0 Å². The van der Waals surface area contributed by atoms with Crippen LogP contribution in [0.3, 0.4) is 0 Å². The molecule has 0 aromatic rings. The topological polar surface area (TPSA) is 9.23 Å². The highest BCUT2D eigenvalue weighted by Gasteiger charge is 2.61. The highest BCUT2D eigenvalue weighted by atomic mass is 29.6. The number of halogens is 3. The maximum absolute atomic E-state index is 12.5. The van der Waals surface area contributed by atoms with E-state index in [2.05, 4.69) is 39.3 Å². The Hall–Kier alpha value is 0.401. The predicted octanol–water partition coefficient (Wildman–Crippen LogP) is 4.90. The Bertz CT molecular complexity index is 331. The molecule has 0 aromatic carbocycles. The SMILES string of the molecule is CC1(CCC(F)(F)F)C[Si](C)(C)[Si](C)(C)[Si](C)(C)O1. The number of hydrogen-bond acceptors (Lipinski definition) is 1. The average Bonchev–Trinajstić information content (AvgIpc) is 2.09. The van der Waals surface area contributed by atoms with Crippen LogP contribution in [0, 0.1) is 0 Å². The van der Waals surface area contributed by atoms with Gasteiger partial charge in [-0.3, -0.25) is 0 Å². The molecule has 19 heavy (non-hydrogen) atoms. The van der Waals surface area contributed by atoms with E-state index >= 15 is 0 Å². The zero-order valence-corrected chi connectivity index (χ0v) is 16.2. The minimum absolute atomic E-state index is 0.119. The molecular weight excluding hydrogens is 301 g/mol. The summed E-state index contributed by atoms with van der Waals surface area (Å²) >= 11 is 0. The van der Waals surface area contributed by atoms with Gasteiger partial charge in [0.1, 0.15) is 0 Å². The van der Waals surface area contributed by atoms with Crippen LogP contribution in [0.5, 0.6) is 0 Å². The third kappa shape index (κ3) is 3.54. The molecule has 1 aliphatic heterocycles. The molecule has 7 heteroatoms. The molecule has 0 bridgehead atoms. The average molecular weight is 329 g/mol. The molecule has 1 fully saturated rings. The maximum atomic E-state index is 12.5. The molecule has 0 saturated carbocycles. The van der Waals surface area contributed by atoms with Crippen LogP contribution in [0.2, 0.25) is 45.3 Å². The summed E-state index contributed by atoms with van der Waals surface area (Å²) in [6.07, 6.45) is -4.68. The Labute approximate surface area is 117 Å². The van der Waals surface area contributed by atoms with E-state index in [0.29, 0.717) is 0 Å². The second-order valence-electron chi connectivity index (χ2n) is 7.86. The van der Waals surface area contributed by atoms with Crippen molar-refractivity contribution in [3.63, 3.8) is 0 Å². The van der Waals surface area contributed by atoms with Gasteiger partial charge in [-0.05, 0) is 32.5 Å². The van der Waals surface area contributed by atoms with Gasteiger partial charge in [0.05, 0.1) is 12.7 Å². The Morgan fingerprint density at radius 3 is 1.89 bits per heavy atom. The lowest BCUT2D eigenvalue weighted by Gasteiger charge is -2.58. The van der Waals surface area contributed by atoms with Crippen LogP contribution >= 0.6 is 0 Å². The molecule has 0 spiro atoms. The molecule has 1 unspecified atom stereocenters. The van der Waals surface area contributed by atoms with Crippen LogP contribution in [-0.2, 0) is 4.43 Å². The summed E-state index contributed by atoms with van der Waals surface area (Å²) < 4.78 is 43.8. The van der Waals surface area contributed by atoms with E-state index in [-0.39, 0.29) is 6.42 Å². The molecule has 1 nitrogen and oxygen atoms in total. The molecule has 1 saturated heterocycles. The van der Waals surface area contributed by atoms with Crippen molar-refractivity contribution in [3.05, 3.63) is 0 Å². The summed E-state index contributed by atoms with van der Waals surface area (Å²) in [4.78, 5) is 0. The van der Waals surface area contributed by atoms with Gasteiger partial charge >= 0.3 is 6.18 Å². The van der Waals surface area contributed by atoms with Crippen molar-refractivity contribution in [2.24, 2.45) is 0 Å². The summed E-state index contributed by atoms with van der Waals surface area (Å²) in [7, 11) is -4.76. The minimum atomic E-state index is -4.08. The molecule has 0 N–H and O–H groups in total. The first-order valence-electron chi connectivity index (χ1n) is 6.89. The molecule has 1 heterocycles. The molecule has 1 rings (SSSR count).